The Bertz CT molecular complexity index is 320. The van der Waals surface area contributed by atoms with Gasteiger partial charge in [-0.15, -0.1) is 0 Å². The molecule has 0 saturated carbocycles. The van der Waals surface area contributed by atoms with E-state index in [4.69, 9.17) is 12.2 Å². The third-order valence-corrected chi connectivity index (χ3v) is 3.41. The zero-order valence-corrected chi connectivity index (χ0v) is 11.7. The van der Waals surface area contributed by atoms with Gasteiger partial charge in [-0.05, 0) is 29.7 Å². The van der Waals surface area contributed by atoms with Crippen molar-refractivity contribution in [3.05, 3.63) is 12.2 Å². The minimum absolute atomic E-state index is 0.0803. The van der Waals surface area contributed by atoms with Gasteiger partial charge in [0, 0.05) is 5.92 Å². The second kappa shape index (κ2) is 4.79. The Balaban J connectivity index is 2.94. The molecule has 0 heterocycles. The van der Waals surface area contributed by atoms with Gasteiger partial charge in [0.25, 0.3) is 0 Å². The molecule has 0 N–H and O–H groups in total. The highest BCUT2D eigenvalue weighted by Crippen LogP contribution is 2.36. The highest BCUT2D eigenvalue weighted by Gasteiger charge is 2.35. The van der Waals surface area contributed by atoms with E-state index in [-0.39, 0.29) is 17.1 Å². The Hall–Kier alpha value is -0.500. The highest BCUT2D eigenvalue weighted by atomic mass is 32.1. The van der Waals surface area contributed by atoms with Gasteiger partial charge < -0.3 is 0 Å². The first kappa shape index (κ1) is 13.6. The van der Waals surface area contributed by atoms with Crippen molar-refractivity contribution in [2.45, 2.75) is 41.0 Å². The number of thiocarbonyl (C=S) groups is 1. The molecule has 2 atom stereocenters. The third-order valence-electron chi connectivity index (χ3n) is 3.07. The van der Waals surface area contributed by atoms with E-state index in [9.17, 15) is 4.79 Å². The van der Waals surface area contributed by atoms with E-state index < -0.39 is 0 Å². The van der Waals surface area contributed by atoms with Crippen molar-refractivity contribution in [1.29, 1.82) is 0 Å². The molecule has 0 aliphatic heterocycles. The van der Waals surface area contributed by atoms with Crippen LogP contribution in [0.3, 0.4) is 0 Å². The van der Waals surface area contributed by atoms with Crippen LogP contribution < -0.4 is 0 Å². The molecule has 0 aromatic heterocycles. The van der Waals surface area contributed by atoms with Crippen LogP contribution in [0.15, 0.2) is 12.2 Å². The van der Waals surface area contributed by atoms with Crippen molar-refractivity contribution < 1.29 is 4.79 Å². The average molecular weight is 238 g/mol. The molecule has 0 aromatic carbocycles. The van der Waals surface area contributed by atoms with Crippen LogP contribution in [0.5, 0.6) is 0 Å². The molecule has 0 saturated heterocycles. The van der Waals surface area contributed by atoms with Crippen LogP contribution in [0.25, 0.3) is 0 Å². The lowest BCUT2D eigenvalue weighted by Gasteiger charge is -2.34. The van der Waals surface area contributed by atoms with Gasteiger partial charge in [-0.25, -0.2) is 0 Å². The predicted molar refractivity (Wildman–Crippen MR) is 72.6 cm³/mol. The van der Waals surface area contributed by atoms with Gasteiger partial charge in [-0.3, -0.25) is 4.79 Å². The molecule has 2 heteroatoms. The summed E-state index contributed by atoms with van der Waals surface area (Å²) in [5, 5.41) is 0. The fourth-order valence-corrected chi connectivity index (χ4v) is 2.69. The standard InChI is InChI=1S/C14H22OS/c1-9(2)12-10(8-14(3,4)5)6-7-11(16)13(12)15/h6-7,9-10,12H,8H2,1-5H3. The van der Waals surface area contributed by atoms with E-state index in [1.165, 1.54) is 0 Å². The fourth-order valence-electron chi connectivity index (χ4n) is 2.47. The monoisotopic (exact) mass is 238 g/mol. The van der Waals surface area contributed by atoms with Crippen LogP contribution in [-0.4, -0.2) is 10.6 Å². The molecule has 0 spiro atoms. The van der Waals surface area contributed by atoms with Gasteiger partial charge in [0.1, 0.15) is 0 Å². The summed E-state index contributed by atoms with van der Waals surface area (Å²) in [4.78, 5) is 12.6. The van der Waals surface area contributed by atoms with Gasteiger partial charge in [0.2, 0.25) is 0 Å². The smallest absolute Gasteiger partial charge is 0.177 e. The van der Waals surface area contributed by atoms with Crippen molar-refractivity contribution in [3.8, 4) is 0 Å². The van der Waals surface area contributed by atoms with Crippen LogP contribution in [0, 0.1) is 23.2 Å². The number of rotatable bonds is 2. The zero-order valence-electron chi connectivity index (χ0n) is 10.9. The summed E-state index contributed by atoms with van der Waals surface area (Å²) in [7, 11) is 0. The summed E-state index contributed by atoms with van der Waals surface area (Å²) in [6.07, 6.45) is 5.01. The molecule has 16 heavy (non-hydrogen) atoms. The maximum absolute atomic E-state index is 12.1. The van der Waals surface area contributed by atoms with Crippen molar-refractivity contribution in [3.63, 3.8) is 0 Å². The SMILES string of the molecule is CC(C)C1C(=O)C(=S)C=CC1CC(C)(C)C. The van der Waals surface area contributed by atoms with Crippen molar-refractivity contribution >= 4 is 22.9 Å². The van der Waals surface area contributed by atoms with Gasteiger partial charge in [0.05, 0.1) is 4.86 Å². The van der Waals surface area contributed by atoms with Gasteiger partial charge >= 0.3 is 0 Å². The number of Topliss-reactive ketones (excluding diaryl/α,β-unsaturated/α-hetero) is 1. The maximum atomic E-state index is 12.1. The largest absolute Gasteiger partial charge is 0.293 e. The maximum Gasteiger partial charge on any atom is 0.177 e. The Morgan fingerprint density at radius 3 is 2.38 bits per heavy atom. The minimum Gasteiger partial charge on any atom is -0.293 e. The molecule has 1 aliphatic rings. The molecule has 0 amide bonds. The van der Waals surface area contributed by atoms with Crippen LogP contribution in [-0.2, 0) is 4.79 Å². The van der Waals surface area contributed by atoms with Gasteiger partial charge in [-0.1, -0.05) is 52.9 Å². The molecule has 1 rings (SSSR count). The Morgan fingerprint density at radius 1 is 1.38 bits per heavy atom. The molecule has 1 aliphatic carbocycles. The molecular weight excluding hydrogens is 216 g/mol. The molecule has 1 nitrogen and oxygen atoms in total. The molecule has 0 bridgehead atoms. The van der Waals surface area contributed by atoms with E-state index in [1.807, 2.05) is 6.08 Å². The number of hydrogen-bond donors (Lipinski definition) is 0. The molecular formula is C14H22OS. The summed E-state index contributed by atoms with van der Waals surface area (Å²) in [5.41, 5.74) is 0.251. The number of ketones is 1. The van der Waals surface area contributed by atoms with Gasteiger partial charge in [0.15, 0.2) is 5.78 Å². The second-order valence-corrected chi connectivity index (χ2v) is 6.73. The van der Waals surface area contributed by atoms with Crippen LogP contribution in [0.1, 0.15) is 41.0 Å². The molecule has 90 valence electrons. The van der Waals surface area contributed by atoms with E-state index in [0.29, 0.717) is 16.7 Å². The zero-order chi connectivity index (χ0) is 12.5. The number of carbonyl (C=O) groups excluding carboxylic acids is 1. The van der Waals surface area contributed by atoms with Crippen LogP contribution >= 0.6 is 12.2 Å². The van der Waals surface area contributed by atoms with E-state index >= 15 is 0 Å². The third kappa shape index (κ3) is 3.24. The van der Waals surface area contributed by atoms with E-state index in [1.54, 1.807) is 0 Å². The number of carbonyl (C=O) groups is 1. The van der Waals surface area contributed by atoms with Crippen LogP contribution in [0.2, 0.25) is 0 Å². The Labute approximate surface area is 104 Å². The summed E-state index contributed by atoms with van der Waals surface area (Å²) in [6.45, 7) is 10.9. The lowest BCUT2D eigenvalue weighted by Crippen LogP contribution is -2.36. The quantitative estimate of drug-likeness (QED) is 0.680. The summed E-state index contributed by atoms with van der Waals surface area (Å²) in [6, 6.07) is 0. The lowest BCUT2D eigenvalue weighted by atomic mass is 9.70. The molecule has 0 radical (unpaired) electrons. The fraction of sp³-hybridized carbons (Fsp3) is 0.714. The first-order valence-electron chi connectivity index (χ1n) is 5.99. The topological polar surface area (TPSA) is 17.1 Å². The summed E-state index contributed by atoms with van der Waals surface area (Å²) < 4.78 is 0. The van der Waals surface area contributed by atoms with E-state index in [0.717, 1.165) is 6.42 Å². The normalized spacial score (nSPS) is 26.6. The first-order valence-corrected chi connectivity index (χ1v) is 6.39. The molecule has 0 aromatic rings. The molecule has 0 fully saturated rings. The summed E-state index contributed by atoms with van der Waals surface area (Å²) >= 11 is 5.08. The number of allylic oxidation sites excluding steroid dienone is 2. The Kier molecular flexibility index (Phi) is 4.06. The van der Waals surface area contributed by atoms with Crippen LogP contribution in [0.4, 0.5) is 0 Å². The first-order chi connectivity index (χ1) is 7.22. The van der Waals surface area contributed by atoms with Crippen molar-refractivity contribution in [1.82, 2.24) is 0 Å². The predicted octanol–water partition coefficient (Wildman–Crippen LogP) is 3.82. The van der Waals surface area contributed by atoms with Gasteiger partial charge in [-0.2, -0.15) is 0 Å². The lowest BCUT2D eigenvalue weighted by molar-refractivity contribution is -0.119. The second-order valence-electron chi connectivity index (χ2n) is 6.29. The summed E-state index contributed by atoms with van der Waals surface area (Å²) in [5.74, 6) is 0.959. The van der Waals surface area contributed by atoms with Crippen molar-refractivity contribution in [2.24, 2.45) is 23.2 Å². The van der Waals surface area contributed by atoms with E-state index in [2.05, 4.69) is 40.7 Å². The molecule has 2 unspecified atom stereocenters. The Morgan fingerprint density at radius 2 is 1.94 bits per heavy atom. The number of hydrogen-bond acceptors (Lipinski definition) is 2. The average Bonchev–Trinajstić information content (AvgIpc) is 2.08. The minimum atomic E-state index is 0.0803. The highest BCUT2D eigenvalue weighted by molar-refractivity contribution is 7.82. The van der Waals surface area contributed by atoms with Crippen molar-refractivity contribution in [2.75, 3.05) is 0 Å².